The van der Waals surface area contributed by atoms with Gasteiger partial charge in [0, 0.05) is 24.3 Å². The van der Waals surface area contributed by atoms with Crippen LogP contribution < -0.4 is 10.6 Å². The zero-order valence-corrected chi connectivity index (χ0v) is 9.85. The number of anilines is 1. The monoisotopic (exact) mass is 204 g/mol. The van der Waals surface area contributed by atoms with Crippen LogP contribution in [0, 0.1) is 0 Å². The van der Waals surface area contributed by atoms with E-state index < -0.39 is 0 Å². The fourth-order valence-corrected chi connectivity index (χ4v) is 1.82. The lowest BCUT2D eigenvalue weighted by molar-refractivity contribution is 0.424. The van der Waals surface area contributed by atoms with Crippen LogP contribution in [0.25, 0.3) is 0 Å². The minimum absolute atomic E-state index is 0.187. The van der Waals surface area contributed by atoms with Gasteiger partial charge in [-0.15, -0.1) is 0 Å². The van der Waals surface area contributed by atoms with Crippen molar-refractivity contribution in [1.29, 1.82) is 0 Å². The molecule has 1 aliphatic heterocycles. The van der Waals surface area contributed by atoms with Gasteiger partial charge in [0.25, 0.3) is 0 Å². The summed E-state index contributed by atoms with van der Waals surface area (Å²) in [5, 5.41) is 6.91. The standard InChI is InChI=1S/C13H20N2/c1-13(2,3)15-9-10-4-5-11-6-7-14-12(11)8-10/h4-5,8,14-15H,6-7,9H2,1-3H3. The smallest absolute Gasteiger partial charge is 0.0376 e. The molecule has 0 unspecified atom stereocenters. The third kappa shape index (κ3) is 2.72. The number of benzene rings is 1. The molecule has 0 amide bonds. The predicted molar refractivity (Wildman–Crippen MR) is 65.2 cm³/mol. The molecule has 1 aromatic carbocycles. The highest BCUT2D eigenvalue weighted by atomic mass is 14.9. The Labute approximate surface area is 92.1 Å². The predicted octanol–water partition coefficient (Wildman–Crippen LogP) is 2.54. The van der Waals surface area contributed by atoms with Gasteiger partial charge in [0.15, 0.2) is 0 Å². The maximum absolute atomic E-state index is 3.50. The Morgan fingerprint density at radius 1 is 1.33 bits per heavy atom. The summed E-state index contributed by atoms with van der Waals surface area (Å²) >= 11 is 0. The van der Waals surface area contributed by atoms with Crippen molar-refractivity contribution in [1.82, 2.24) is 5.32 Å². The van der Waals surface area contributed by atoms with Crippen LogP contribution in [0.4, 0.5) is 5.69 Å². The maximum Gasteiger partial charge on any atom is 0.0376 e. The molecular weight excluding hydrogens is 184 g/mol. The average Bonchev–Trinajstić information content (AvgIpc) is 2.60. The van der Waals surface area contributed by atoms with Crippen molar-refractivity contribution in [3.8, 4) is 0 Å². The maximum atomic E-state index is 3.50. The van der Waals surface area contributed by atoms with Gasteiger partial charge in [-0.25, -0.2) is 0 Å². The Morgan fingerprint density at radius 2 is 2.13 bits per heavy atom. The van der Waals surface area contributed by atoms with E-state index in [1.165, 1.54) is 23.2 Å². The van der Waals surface area contributed by atoms with Crippen LogP contribution in [0.2, 0.25) is 0 Å². The van der Waals surface area contributed by atoms with Crippen LogP contribution in [0.1, 0.15) is 31.9 Å². The van der Waals surface area contributed by atoms with Crippen molar-refractivity contribution >= 4 is 5.69 Å². The largest absolute Gasteiger partial charge is 0.384 e. The lowest BCUT2D eigenvalue weighted by Crippen LogP contribution is -2.35. The van der Waals surface area contributed by atoms with Gasteiger partial charge in [-0.1, -0.05) is 12.1 Å². The Bertz CT molecular complexity index is 350. The molecular formula is C13H20N2. The first-order valence-corrected chi connectivity index (χ1v) is 5.65. The summed E-state index contributed by atoms with van der Waals surface area (Å²) in [4.78, 5) is 0. The first-order chi connectivity index (χ1) is 7.04. The number of hydrogen-bond donors (Lipinski definition) is 2. The van der Waals surface area contributed by atoms with E-state index in [2.05, 4.69) is 49.6 Å². The van der Waals surface area contributed by atoms with Crippen molar-refractivity contribution in [2.75, 3.05) is 11.9 Å². The molecule has 2 N–H and O–H groups in total. The normalized spacial score (nSPS) is 14.9. The molecule has 0 saturated heterocycles. The van der Waals surface area contributed by atoms with E-state index in [1.54, 1.807) is 0 Å². The van der Waals surface area contributed by atoms with Gasteiger partial charge in [0.1, 0.15) is 0 Å². The van der Waals surface area contributed by atoms with E-state index in [1.807, 2.05) is 0 Å². The summed E-state index contributed by atoms with van der Waals surface area (Å²) in [5.41, 5.74) is 4.32. The van der Waals surface area contributed by atoms with Crippen LogP contribution in [0.5, 0.6) is 0 Å². The van der Waals surface area contributed by atoms with E-state index in [-0.39, 0.29) is 5.54 Å². The summed E-state index contributed by atoms with van der Waals surface area (Å²) in [6.45, 7) is 8.61. The third-order valence-electron chi connectivity index (χ3n) is 2.71. The summed E-state index contributed by atoms with van der Waals surface area (Å²) < 4.78 is 0. The molecule has 2 nitrogen and oxygen atoms in total. The molecule has 0 aromatic heterocycles. The summed E-state index contributed by atoms with van der Waals surface area (Å²) in [6.07, 6.45) is 1.17. The molecule has 0 atom stereocenters. The highest BCUT2D eigenvalue weighted by molar-refractivity contribution is 5.56. The van der Waals surface area contributed by atoms with E-state index in [9.17, 15) is 0 Å². The Morgan fingerprint density at radius 3 is 2.87 bits per heavy atom. The van der Waals surface area contributed by atoms with Crippen LogP contribution in [-0.4, -0.2) is 12.1 Å². The van der Waals surface area contributed by atoms with Crippen LogP contribution >= 0.6 is 0 Å². The van der Waals surface area contributed by atoms with E-state index >= 15 is 0 Å². The topological polar surface area (TPSA) is 24.1 Å². The first-order valence-electron chi connectivity index (χ1n) is 5.65. The lowest BCUT2D eigenvalue weighted by Gasteiger charge is -2.20. The van der Waals surface area contributed by atoms with Crippen LogP contribution in [0.15, 0.2) is 18.2 Å². The van der Waals surface area contributed by atoms with Crippen molar-refractivity contribution < 1.29 is 0 Å². The molecule has 82 valence electrons. The molecule has 0 bridgehead atoms. The van der Waals surface area contributed by atoms with Crippen molar-refractivity contribution in [2.45, 2.75) is 39.3 Å². The minimum Gasteiger partial charge on any atom is -0.384 e. The average molecular weight is 204 g/mol. The molecule has 0 radical (unpaired) electrons. The lowest BCUT2D eigenvalue weighted by atomic mass is 10.1. The molecule has 0 spiro atoms. The highest BCUT2D eigenvalue weighted by Crippen LogP contribution is 2.23. The van der Waals surface area contributed by atoms with Gasteiger partial charge < -0.3 is 10.6 Å². The van der Waals surface area contributed by atoms with Crippen LogP contribution in [-0.2, 0) is 13.0 Å². The van der Waals surface area contributed by atoms with Gasteiger partial charge in [-0.3, -0.25) is 0 Å². The van der Waals surface area contributed by atoms with Gasteiger partial charge in [-0.05, 0) is 44.4 Å². The fraction of sp³-hybridized carbons (Fsp3) is 0.538. The molecule has 2 heteroatoms. The number of fused-ring (bicyclic) bond motifs is 1. The third-order valence-corrected chi connectivity index (χ3v) is 2.71. The first kappa shape index (κ1) is 10.5. The minimum atomic E-state index is 0.187. The zero-order chi connectivity index (χ0) is 10.9. The molecule has 0 aliphatic carbocycles. The van der Waals surface area contributed by atoms with E-state index in [4.69, 9.17) is 0 Å². The van der Waals surface area contributed by atoms with Crippen molar-refractivity contribution in [2.24, 2.45) is 0 Å². The second-order valence-electron chi connectivity index (χ2n) is 5.27. The second-order valence-corrected chi connectivity index (χ2v) is 5.27. The molecule has 0 saturated carbocycles. The highest BCUT2D eigenvalue weighted by Gasteiger charge is 2.11. The Kier molecular flexibility index (Phi) is 2.70. The second kappa shape index (κ2) is 3.86. The van der Waals surface area contributed by atoms with E-state index in [0.29, 0.717) is 0 Å². The quantitative estimate of drug-likeness (QED) is 0.773. The molecule has 0 fully saturated rings. The molecule has 1 heterocycles. The van der Waals surface area contributed by atoms with Gasteiger partial charge in [0.2, 0.25) is 0 Å². The summed E-state index contributed by atoms with van der Waals surface area (Å²) in [5.74, 6) is 0. The number of nitrogens with one attached hydrogen (secondary N) is 2. The summed E-state index contributed by atoms with van der Waals surface area (Å²) in [6, 6.07) is 6.74. The molecule has 1 aliphatic rings. The Balaban J connectivity index is 2.04. The SMILES string of the molecule is CC(C)(C)NCc1ccc2c(c1)NCC2. The molecule has 2 rings (SSSR count). The van der Waals surface area contributed by atoms with Gasteiger partial charge in [0.05, 0.1) is 0 Å². The van der Waals surface area contributed by atoms with Crippen molar-refractivity contribution in [3.63, 3.8) is 0 Å². The zero-order valence-electron chi connectivity index (χ0n) is 9.85. The Hall–Kier alpha value is -1.02. The molecule has 15 heavy (non-hydrogen) atoms. The fourth-order valence-electron chi connectivity index (χ4n) is 1.82. The molecule has 1 aromatic rings. The van der Waals surface area contributed by atoms with Crippen molar-refractivity contribution in [3.05, 3.63) is 29.3 Å². The van der Waals surface area contributed by atoms with Gasteiger partial charge in [-0.2, -0.15) is 0 Å². The summed E-state index contributed by atoms with van der Waals surface area (Å²) in [7, 11) is 0. The van der Waals surface area contributed by atoms with E-state index in [0.717, 1.165) is 13.1 Å². The number of hydrogen-bond acceptors (Lipinski definition) is 2. The van der Waals surface area contributed by atoms with Crippen LogP contribution in [0.3, 0.4) is 0 Å². The number of rotatable bonds is 2. The van der Waals surface area contributed by atoms with Gasteiger partial charge >= 0.3 is 0 Å².